The summed E-state index contributed by atoms with van der Waals surface area (Å²) < 4.78 is 15.2. The Morgan fingerprint density at radius 3 is 2.89 bits per heavy atom. The molecule has 1 aromatic rings. The van der Waals surface area contributed by atoms with Crippen LogP contribution in [0, 0.1) is 6.92 Å². The van der Waals surface area contributed by atoms with Gasteiger partial charge in [0.2, 0.25) is 6.79 Å². The number of carbonyl (C=O) groups excluding carboxylic acids is 1. The van der Waals surface area contributed by atoms with Crippen molar-refractivity contribution in [1.29, 1.82) is 0 Å². The number of aliphatic hydroxyl groups excluding tert-OH is 1. The molecule has 18 heavy (non-hydrogen) atoms. The smallest absolute Gasteiger partial charge is 0.339 e. The largest absolute Gasteiger partial charge is 0.464 e. The molecule has 1 atom stereocenters. The lowest BCUT2D eigenvalue weighted by Crippen LogP contribution is -2.16. The van der Waals surface area contributed by atoms with Crippen LogP contribution in [0.1, 0.15) is 24.2 Å². The van der Waals surface area contributed by atoms with Crippen molar-refractivity contribution in [2.45, 2.75) is 20.0 Å². The lowest BCUT2D eigenvalue weighted by Gasteiger charge is -2.14. The van der Waals surface area contributed by atoms with Gasteiger partial charge in [-0.1, -0.05) is 11.6 Å². The Bertz CT molecular complexity index is 486. The molecule has 0 radical (unpaired) electrons. The van der Waals surface area contributed by atoms with Crippen LogP contribution in [0.4, 0.5) is 0 Å². The molecule has 0 bridgehead atoms. The molecule has 0 saturated heterocycles. The van der Waals surface area contributed by atoms with E-state index in [0.717, 1.165) is 0 Å². The number of hydrogen-bond acceptors (Lipinski definition) is 5. The van der Waals surface area contributed by atoms with Gasteiger partial charge in [0.15, 0.2) is 17.6 Å². The minimum Gasteiger partial charge on any atom is -0.464 e. The van der Waals surface area contributed by atoms with Crippen molar-refractivity contribution in [3.8, 4) is 11.5 Å². The number of ether oxygens (including phenoxy) is 3. The summed E-state index contributed by atoms with van der Waals surface area (Å²) in [7, 11) is 0. The van der Waals surface area contributed by atoms with Gasteiger partial charge in [-0.15, -0.1) is 0 Å². The summed E-state index contributed by atoms with van der Waals surface area (Å²) in [4.78, 5) is 11.5. The lowest BCUT2D eigenvalue weighted by molar-refractivity contribution is -0.153. The zero-order valence-electron chi connectivity index (χ0n) is 10.0. The van der Waals surface area contributed by atoms with E-state index >= 15 is 0 Å². The monoisotopic (exact) mass is 272 g/mol. The summed E-state index contributed by atoms with van der Waals surface area (Å²) in [5.41, 5.74) is 0.982. The van der Waals surface area contributed by atoms with Crippen molar-refractivity contribution < 1.29 is 24.1 Å². The van der Waals surface area contributed by atoms with E-state index < -0.39 is 12.1 Å². The highest BCUT2D eigenvalue weighted by Gasteiger charge is 2.28. The Labute approximate surface area is 109 Å². The number of halogens is 1. The third-order valence-corrected chi connectivity index (χ3v) is 2.97. The van der Waals surface area contributed by atoms with Gasteiger partial charge in [0, 0.05) is 11.1 Å². The van der Waals surface area contributed by atoms with Gasteiger partial charge in [-0.25, -0.2) is 4.79 Å². The van der Waals surface area contributed by atoms with Gasteiger partial charge in [0.25, 0.3) is 0 Å². The number of carbonyl (C=O) groups is 1. The molecule has 1 heterocycles. The van der Waals surface area contributed by atoms with Gasteiger partial charge in [-0.05, 0) is 19.9 Å². The van der Waals surface area contributed by atoms with Crippen LogP contribution >= 0.6 is 11.6 Å². The zero-order chi connectivity index (χ0) is 13.3. The van der Waals surface area contributed by atoms with E-state index in [1.165, 1.54) is 6.07 Å². The topological polar surface area (TPSA) is 65.0 Å². The van der Waals surface area contributed by atoms with Gasteiger partial charge < -0.3 is 19.3 Å². The minimum atomic E-state index is -1.38. The van der Waals surface area contributed by atoms with Crippen LogP contribution in [0.5, 0.6) is 11.5 Å². The molecule has 0 spiro atoms. The molecular weight excluding hydrogens is 260 g/mol. The van der Waals surface area contributed by atoms with Crippen molar-refractivity contribution in [3.63, 3.8) is 0 Å². The third kappa shape index (κ3) is 2.11. The second-order valence-electron chi connectivity index (χ2n) is 3.79. The maximum atomic E-state index is 11.5. The molecule has 1 unspecified atom stereocenters. The van der Waals surface area contributed by atoms with Crippen LogP contribution in [-0.4, -0.2) is 24.5 Å². The number of rotatable bonds is 3. The number of esters is 1. The molecule has 1 N–H and O–H groups in total. The van der Waals surface area contributed by atoms with Gasteiger partial charge in [0.1, 0.15) is 0 Å². The highest BCUT2D eigenvalue weighted by Crippen LogP contribution is 2.44. The SMILES string of the molecule is CCOC(=O)C(O)c1cc(Cl)c2c(c1C)OCO2. The van der Waals surface area contributed by atoms with Gasteiger partial charge >= 0.3 is 5.97 Å². The van der Waals surface area contributed by atoms with Crippen molar-refractivity contribution in [1.82, 2.24) is 0 Å². The van der Waals surface area contributed by atoms with Crippen LogP contribution in [-0.2, 0) is 9.53 Å². The van der Waals surface area contributed by atoms with Crippen LogP contribution < -0.4 is 9.47 Å². The molecule has 0 aliphatic carbocycles. The molecule has 6 heteroatoms. The lowest BCUT2D eigenvalue weighted by atomic mass is 10.0. The first-order valence-corrected chi connectivity index (χ1v) is 5.87. The molecule has 0 saturated carbocycles. The van der Waals surface area contributed by atoms with Gasteiger partial charge in [0.05, 0.1) is 11.6 Å². The Balaban J connectivity index is 2.40. The summed E-state index contributed by atoms with van der Waals surface area (Å²) in [5.74, 6) is 0.186. The fourth-order valence-corrected chi connectivity index (χ4v) is 2.07. The molecule has 0 fully saturated rings. The molecule has 98 valence electrons. The molecule has 0 aromatic heterocycles. The van der Waals surface area contributed by atoms with Crippen LogP contribution in [0.2, 0.25) is 5.02 Å². The predicted octanol–water partition coefficient (Wildman–Crippen LogP) is 1.97. The van der Waals surface area contributed by atoms with Crippen molar-refractivity contribution in [2.24, 2.45) is 0 Å². The van der Waals surface area contributed by atoms with Crippen molar-refractivity contribution >= 4 is 17.6 Å². The normalized spacial score (nSPS) is 14.4. The summed E-state index contributed by atoms with van der Waals surface area (Å²) in [5, 5.41) is 10.2. The average Bonchev–Trinajstić information content (AvgIpc) is 2.83. The zero-order valence-corrected chi connectivity index (χ0v) is 10.8. The van der Waals surface area contributed by atoms with Crippen molar-refractivity contribution in [2.75, 3.05) is 13.4 Å². The van der Waals surface area contributed by atoms with E-state index in [1.54, 1.807) is 13.8 Å². The third-order valence-electron chi connectivity index (χ3n) is 2.69. The maximum absolute atomic E-state index is 11.5. The number of aliphatic hydroxyl groups is 1. The summed E-state index contributed by atoms with van der Waals surface area (Å²) in [6.07, 6.45) is -1.38. The van der Waals surface area contributed by atoms with E-state index in [0.29, 0.717) is 27.6 Å². The van der Waals surface area contributed by atoms with Gasteiger partial charge in [-0.3, -0.25) is 0 Å². The Kier molecular flexibility index (Phi) is 3.63. The number of fused-ring (bicyclic) bond motifs is 1. The molecule has 0 amide bonds. The first-order chi connectivity index (χ1) is 8.56. The molecular formula is C12H13ClO5. The van der Waals surface area contributed by atoms with Crippen molar-refractivity contribution in [3.05, 3.63) is 22.2 Å². The van der Waals surface area contributed by atoms with Crippen LogP contribution in [0.3, 0.4) is 0 Å². The first-order valence-electron chi connectivity index (χ1n) is 5.49. The predicted molar refractivity (Wildman–Crippen MR) is 63.9 cm³/mol. The Hall–Kier alpha value is -1.46. The number of benzene rings is 1. The molecule has 5 nitrogen and oxygen atoms in total. The fraction of sp³-hybridized carbons (Fsp3) is 0.417. The molecule has 1 aliphatic rings. The van der Waals surface area contributed by atoms with E-state index in [1.807, 2.05) is 0 Å². The molecule has 1 aromatic carbocycles. The average molecular weight is 273 g/mol. The molecule has 1 aliphatic heterocycles. The summed E-state index contributed by atoms with van der Waals surface area (Å²) >= 11 is 6.00. The standard InChI is InChI=1S/C12H13ClO5/c1-3-16-12(15)9(14)7-4-8(13)11-10(6(7)2)17-5-18-11/h4,9,14H,3,5H2,1-2H3. The second kappa shape index (κ2) is 5.04. The Morgan fingerprint density at radius 1 is 1.56 bits per heavy atom. The quantitative estimate of drug-likeness (QED) is 0.852. The van der Waals surface area contributed by atoms with E-state index in [2.05, 4.69) is 0 Å². The second-order valence-corrected chi connectivity index (χ2v) is 4.20. The van der Waals surface area contributed by atoms with E-state index in [-0.39, 0.29) is 13.4 Å². The fourth-order valence-electron chi connectivity index (χ4n) is 1.81. The minimum absolute atomic E-state index is 0.0782. The number of hydrogen-bond donors (Lipinski definition) is 1. The highest BCUT2D eigenvalue weighted by atomic mass is 35.5. The van der Waals surface area contributed by atoms with E-state index in [4.69, 9.17) is 25.8 Å². The maximum Gasteiger partial charge on any atom is 0.339 e. The summed E-state index contributed by atoms with van der Waals surface area (Å²) in [6.45, 7) is 3.67. The van der Waals surface area contributed by atoms with Crippen LogP contribution in [0.25, 0.3) is 0 Å². The first kappa shape index (κ1) is 13.0. The molecule has 2 rings (SSSR count). The van der Waals surface area contributed by atoms with Crippen LogP contribution in [0.15, 0.2) is 6.07 Å². The Morgan fingerprint density at radius 2 is 2.22 bits per heavy atom. The summed E-state index contributed by atoms with van der Waals surface area (Å²) in [6, 6.07) is 1.49. The highest BCUT2D eigenvalue weighted by molar-refractivity contribution is 6.32. The van der Waals surface area contributed by atoms with E-state index in [9.17, 15) is 9.90 Å². The van der Waals surface area contributed by atoms with Gasteiger partial charge in [-0.2, -0.15) is 0 Å².